The third-order valence-electron chi connectivity index (χ3n) is 3.17. The number of nitro groups is 1. The number of benzene rings is 2. The van der Waals surface area contributed by atoms with E-state index >= 15 is 0 Å². The van der Waals surface area contributed by atoms with Crippen molar-refractivity contribution in [3.8, 4) is 0 Å². The quantitative estimate of drug-likeness (QED) is 0.538. The van der Waals surface area contributed by atoms with Crippen LogP contribution in [0.2, 0.25) is 0 Å². The zero-order valence-electron chi connectivity index (χ0n) is 11.3. The van der Waals surface area contributed by atoms with Gasteiger partial charge in [0.1, 0.15) is 5.52 Å². The van der Waals surface area contributed by atoms with Gasteiger partial charge in [-0.2, -0.15) is 8.75 Å². The van der Waals surface area contributed by atoms with Crippen molar-refractivity contribution < 1.29 is 13.3 Å². The normalized spacial score (nSPS) is 11.7. The van der Waals surface area contributed by atoms with Crippen LogP contribution in [0.3, 0.4) is 0 Å². The summed E-state index contributed by atoms with van der Waals surface area (Å²) in [5.74, 6) is 0. The minimum atomic E-state index is -4.01. The van der Waals surface area contributed by atoms with Crippen molar-refractivity contribution >= 4 is 38.3 Å². The van der Waals surface area contributed by atoms with E-state index in [4.69, 9.17) is 0 Å². The van der Waals surface area contributed by atoms with Gasteiger partial charge in [-0.3, -0.25) is 10.1 Å². The van der Waals surface area contributed by atoms with Crippen molar-refractivity contribution in [2.24, 2.45) is 0 Å². The average Bonchev–Trinajstić information content (AvgIpc) is 2.94. The molecule has 1 aromatic heterocycles. The van der Waals surface area contributed by atoms with Crippen molar-refractivity contribution in [1.29, 1.82) is 0 Å². The van der Waals surface area contributed by atoms with Gasteiger partial charge in [0.2, 0.25) is 9.84 Å². The third-order valence-corrected chi connectivity index (χ3v) is 5.51. The first-order valence-electron chi connectivity index (χ1n) is 6.12. The van der Waals surface area contributed by atoms with E-state index in [0.717, 1.165) is 17.3 Å². The summed E-state index contributed by atoms with van der Waals surface area (Å²) in [4.78, 5) is 10.2. The summed E-state index contributed by atoms with van der Waals surface area (Å²) in [6.45, 7) is 1.83. The number of nitrogens with zero attached hydrogens (tertiary/aromatic N) is 3. The van der Waals surface area contributed by atoms with E-state index in [0.29, 0.717) is 5.52 Å². The number of hydrogen-bond donors (Lipinski definition) is 0. The molecule has 0 bridgehead atoms. The number of aryl methyl sites for hydroxylation is 1. The number of nitro benzene ring substituents is 1. The molecule has 3 rings (SSSR count). The highest BCUT2D eigenvalue weighted by Gasteiger charge is 2.31. The molecule has 0 unspecified atom stereocenters. The highest BCUT2D eigenvalue weighted by molar-refractivity contribution is 7.91. The van der Waals surface area contributed by atoms with E-state index in [1.54, 1.807) is 12.1 Å². The van der Waals surface area contributed by atoms with Crippen LogP contribution in [-0.2, 0) is 9.84 Å². The van der Waals surface area contributed by atoms with Crippen molar-refractivity contribution in [1.82, 2.24) is 8.75 Å². The summed E-state index contributed by atoms with van der Waals surface area (Å²) < 4.78 is 33.1. The maximum atomic E-state index is 12.7. The Morgan fingerprint density at radius 1 is 1.09 bits per heavy atom. The lowest BCUT2D eigenvalue weighted by Gasteiger charge is -2.06. The summed E-state index contributed by atoms with van der Waals surface area (Å²) in [5.41, 5.74) is 0.655. The van der Waals surface area contributed by atoms with Crippen LogP contribution in [0, 0.1) is 17.0 Å². The summed E-state index contributed by atoms with van der Waals surface area (Å²) in [5, 5.41) is 11.3. The standard InChI is InChI=1S/C13H9N3O4S2/c1-8-2-4-9(5-3-8)22(19,20)11-7-6-10-12(15-21-14-10)13(11)16(17)18/h2-7H,1H3. The lowest BCUT2D eigenvalue weighted by atomic mass is 10.2. The zero-order chi connectivity index (χ0) is 15.9. The minimum Gasteiger partial charge on any atom is -0.258 e. The molecular formula is C13H9N3O4S2. The Bertz CT molecular complexity index is 978. The molecular weight excluding hydrogens is 326 g/mol. The SMILES string of the molecule is Cc1ccc(S(=O)(=O)c2ccc3nsnc3c2[N+](=O)[O-])cc1. The highest BCUT2D eigenvalue weighted by atomic mass is 32.2. The van der Waals surface area contributed by atoms with E-state index in [-0.39, 0.29) is 15.3 Å². The fraction of sp³-hybridized carbons (Fsp3) is 0.0769. The smallest absolute Gasteiger partial charge is 0.258 e. The molecule has 3 aromatic rings. The molecule has 0 spiro atoms. The maximum Gasteiger partial charge on any atom is 0.317 e. The summed E-state index contributed by atoms with van der Waals surface area (Å²) in [6, 6.07) is 8.77. The average molecular weight is 335 g/mol. The maximum absolute atomic E-state index is 12.7. The van der Waals surface area contributed by atoms with E-state index in [1.165, 1.54) is 24.3 Å². The molecule has 0 N–H and O–H groups in total. The molecule has 0 radical (unpaired) electrons. The molecule has 1 heterocycles. The Balaban J connectivity index is 2.31. The predicted octanol–water partition coefficient (Wildman–Crippen LogP) is 2.74. The highest BCUT2D eigenvalue weighted by Crippen LogP contribution is 2.34. The monoisotopic (exact) mass is 335 g/mol. The van der Waals surface area contributed by atoms with Gasteiger partial charge in [-0.1, -0.05) is 17.7 Å². The van der Waals surface area contributed by atoms with Gasteiger partial charge >= 0.3 is 5.69 Å². The Morgan fingerprint density at radius 3 is 2.41 bits per heavy atom. The van der Waals surface area contributed by atoms with E-state index in [1.807, 2.05) is 6.92 Å². The largest absolute Gasteiger partial charge is 0.317 e. The molecule has 0 atom stereocenters. The van der Waals surface area contributed by atoms with E-state index in [9.17, 15) is 18.5 Å². The molecule has 7 nitrogen and oxygen atoms in total. The topological polar surface area (TPSA) is 103 Å². The van der Waals surface area contributed by atoms with Gasteiger partial charge in [0.25, 0.3) is 0 Å². The Hall–Kier alpha value is -2.39. The molecule has 0 aliphatic carbocycles. The van der Waals surface area contributed by atoms with Crippen LogP contribution >= 0.6 is 11.7 Å². The van der Waals surface area contributed by atoms with Crippen LogP contribution in [0.5, 0.6) is 0 Å². The lowest BCUT2D eigenvalue weighted by Crippen LogP contribution is -2.06. The van der Waals surface area contributed by atoms with Gasteiger partial charge in [-0.15, -0.1) is 0 Å². The Labute approximate surface area is 129 Å². The number of sulfone groups is 1. The fourth-order valence-electron chi connectivity index (χ4n) is 2.06. The van der Waals surface area contributed by atoms with Crippen LogP contribution < -0.4 is 0 Å². The van der Waals surface area contributed by atoms with Crippen LogP contribution in [0.15, 0.2) is 46.2 Å². The van der Waals surface area contributed by atoms with Crippen molar-refractivity contribution in [2.75, 3.05) is 0 Å². The molecule has 0 saturated heterocycles. The lowest BCUT2D eigenvalue weighted by molar-refractivity contribution is -0.386. The molecule has 9 heteroatoms. The number of hydrogen-bond acceptors (Lipinski definition) is 7. The molecule has 0 aliphatic rings. The second kappa shape index (κ2) is 5.11. The van der Waals surface area contributed by atoms with Crippen molar-refractivity contribution in [3.63, 3.8) is 0 Å². The van der Waals surface area contributed by atoms with Crippen LogP contribution in [0.25, 0.3) is 11.0 Å². The van der Waals surface area contributed by atoms with Gasteiger partial charge in [0.05, 0.1) is 21.5 Å². The molecule has 2 aromatic carbocycles. The van der Waals surface area contributed by atoms with Gasteiger partial charge in [-0.05, 0) is 31.2 Å². The molecule has 0 saturated carbocycles. The van der Waals surface area contributed by atoms with Gasteiger partial charge in [0.15, 0.2) is 10.4 Å². The summed E-state index contributed by atoms with van der Waals surface area (Å²) in [6.07, 6.45) is 0. The Morgan fingerprint density at radius 2 is 1.77 bits per heavy atom. The first kappa shape index (κ1) is 14.5. The van der Waals surface area contributed by atoms with E-state index < -0.39 is 20.4 Å². The van der Waals surface area contributed by atoms with Crippen LogP contribution in [-0.4, -0.2) is 22.1 Å². The molecule has 0 aliphatic heterocycles. The van der Waals surface area contributed by atoms with Gasteiger partial charge < -0.3 is 0 Å². The number of rotatable bonds is 3. The minimum absolute atomic E-state index is 0.00346. The van der Waals surface area contributed by atoms with Crippen LogP contribution in [0.4, 0.5) is 5.69 Å². The summed E-state index contributed by atoms with van der Waals surface area (Å²) in [7, 11) is -4.01. The first-order chi connectivity index (χ1) is 10.4. The second-order valence-corrected chi connectivity index (χ2v) is 7.06. The molecule has 0 amide bonds. The van der Waals surface area contributed by atoms with Gasteiger partial charge in [-0.25, -0.2) is 8.42 Å². The van der Waals surface area contributed by atoms with Gasteiger partial charge in [0, 0.05) is 0 Å². The molecule has 112 valence electrons. The number of aromatic nitrogens is 2. The fourth-order valence-corrected chi connectivity index (χ4v) is 4.02. The predicted molar refractivity (Wildman–Crippen MR) is 80.7 cm³/mol. The van der Waals surface area contributed by atoms with Crippen molar-refractivity contribution in [3.05, 3.63) is 52.1 Å². The number of fused-ring (bicyclic) bond motifs is 1. The third kappa shape index (κ3) is 2.24. The van der Waals surface area contributed by atoms with E-state index in [2.05, 4.69) is 8.75 Å². The first-order valence-corrected chi connectivity index (χ1v) is 8.34. The zero-order valence-corrected chi connectivity index (χ0v) is 12.9. The van der Waals surface area contributed by atoms with Crippen molar-refractivity contribution in [2.45, 2.75) is 16.7 Å². The Kier molecular flexibility index (Phi) is 3.38. The molecule has 0 fully saturated rings. The second-order valence-electron chi connectivity index (χ2n) is 4.62. The van der Waals surface area contributed by atoms with Crippen LogP contribution in [0.1, 0.15) is 5.56 Å². The summed E-state index contributed by atoms with van der Waals surface area (Å²) >= 11 is 0.802. The molecule has 22 heavy (non-hydrogen) atoms.